The molecule has 3 aromatic rings. The highest BCUT2D eigenvalue weighted by Crippen LogP contribution is 2.56. The van der Waals surface area contributed by atoms with E-state index in [1.165, 1.54) is 31.1 Å². The fraction of sp³-hybridized carbons (Fsp3) is 0.297. The summed E-state index contributed by atoms with van der Waals surface area (Å²) in [7, 11) is 2.92. The van der Waals surface area contributed by atoms with Gasteiger partial charge in [0.1, 0.15) is 28.7 Å². The van der Waals surface area contributed by atoms with Gasteiger partial charge in [-0.15, -0.1) is 0 Å². The Morgan fingerprint density at radius 1 is 0.980 bits per heavy atom. The topological polar surface area (TPSA) is 219 Å². The number of benzene rings is 3. The van der Waals surface area contributed by atoms with Crippen LogP contribution in [0.2, 0.25) is 0 Å². The first-order valence-electron chi connectivity index (χ1n) is 15.7. The number of aromatic hydroxyl groups is 1. The molecule has 0 bridgehead atoms. The van der Waals surface area contributed by atoms with Crippen molar-refractivity contribution in [2.24, 2.45) is 17.6 Å². The number of ketones is 2. The van der Waals surface area contributed by atoms with E-state index >= 15 is 0 Å². The maximum atomic E-state index is 14.0. The fourth-order valence-electron chi connectivity index (χ4n) is 7.37. The molecule has 6 rings (SSSR count). The van der Waals surface area contributed by atoms with Crippen LogP contribution in [0.5, 0.6) is 5.75 Å². The van der Waals surface area contributed by atoms with Crippen LogP contribution in [0.1, 0.15) is 42.4 Å². The van der Waals surface area contributed by atoms with E-state index in [2.05, 4.69) is 0 Å². The first kappa shape index (κ1) is 35.9. The Balaban J connectivity index is 0.000000228. The lowest BCUT2D eigenvalue weighted by Gasteiger charge is -2.53. The Labute approximate surface area is 286 Å². The molecule has 0 saturated heterocycles. The molecule has 12 nitrogen and oxygen atoms in total. The number of amides is 1. The van der Waals surface area contributed by atoms with Gasteiger partial charge in [0, 0.05) is 17.1 Å². The van der Waals surface area contributed by atoms with Gasteiger partial charge in [0.05, 0.1) is 29.5 Å². The summed E-state index contributed by atoms with van der Waals surface area (Å²) in [4.78, 5) is 50.8. The van der Waals surface area contributed by atoms with E-state index in [0.717, 1.165) is 5.56 Å². The molecule has 0 aromatic heterocycles. The van der Waals surface area contributed by atoms with E-state index in [1.807, 2.05) is 30.3 Å². The summed E-state index contributed by atoms with van der Waals surface area (Å²) >= 11 is 0. The number of primary amides is 1. The van der Waals surface area contributed by atoms with Crippen LogP contribution < -0.4 is 5.73 Å². The number of aliphatic carboxylic acids is 1. The highest BCUT2D eigenvalue weighted by molar-refractivity contribution is 6.24. The number of rotatable bonds is 5. The second-order valence-corrected chi connectivity index (χ2v) is 13.0. The molecule has 0 radical (unpaired) electrons. The monoisotopic (exact) mass is 688 g/mol. The number of fused-ring (bicyclic) bond motifs is 3. The van der Waals surface area contributed by atoms with Crippen molar-refractivity contribution < 1.29 is 54.2 Å². The van der Waals surface area contributed by atoms with Gasteiger partial charge in [-0.25, -0.2) is 4.39 Å². The number of nitrogens with two attached hydrogens (primary N) is 1. The van der Waals surface area contributed by atoms with Crippen molar-refractivity contribution in [1.82, 2.24) is 4.90 Å². The maximum Gasteiger partial charge on any atom is 0.310 e. The van der Waals surface area contributed by atoms with Crippen molar-refractivity contribution >= 4 is 29.2 Å². The summed E-state index contributed by atoms with van der Waals surface area (Å²) in [5.41, 5.74) is 3.21. The molecule has 1 amide bonds. The zero-order valence-corrected chi connectivity index (χ0v) is 27.5. The highest BCUT2D eigenvalue weighted by Gasteiger charge is 2.68. The van der Waals surface area contributed by atoms with E-state index in [0.29, 0.717) is 16.7 Å². The molecule has 7 atom stereocenters. The standard InChI is InChI=1S/C22H24N2O8.C15H13FO2/c1-7-8-5-4-6-9(25)11(8)16(26)12-10(7)17(27)14-15(24(2)3)18(28)13(21(23)31)20(30)22(14,32)19(12)29;1-10(15(17)18)12-7-8-13(14(16)9-12)11-5-3-2-4-6-11/h4-7,10,14-15,17,25-27,30,32H,1-3H3,(H2,23,31);2-10H,1H3,(H,17,18)/t7-,10+,14+,15-,17-,22-;/m0./s1. The number of hydrogen-bond donors (Lipinski definition) is 7. The number of phenols is 1. The zero-order valence-electron chi connectivity index (χ0n) is 27.5. The average molecular weight is 689 g/mol. The van der Waals surface area contributed by atoms with Crippen LogP contribution in [-0.4, -0.2) is 90.8 Å². The highest BCUT2D eigenvalue weighted by atomic mass is 19.1. The number of aliphatic hydroxyl groups excluding tert-OH is 3. The second-order valence-electron chi connectivity index (χ2n) is 13.0. The van der Waals surface area contributed by atoms with Crippen LogP contribution in [0.25, 0.3) is 16.9 Å². The number of aliphatic hydroxyl groups is 4. The molecule has 1 saturated carbocycles. The molecule has 8 N–H and O–H groups in total. The predicted octanol–water partition coefficient (Wildman–Crippen LogP) is 3.18. The number of carbonyl (C=O) groups excluding carboxylic acids is 3. The summed E-state index contributed by atoms with van der Waals surface area (Å²) in [6, 6.07) is 16.9. The van der Waals surface area contributed by atoms with E-state index in [4.69, 9.17) is 10.8 Å². The molecule has 1 unspecified atom stereocenters. The van der Waals surface area contributed by atoms with Crippen LogP contribution in [0.4, 0.5) is 4.39 Å². The van der Waals surface area contributed by atoms with E-state index in [1.54, 1.807) is 38.1 Å². The first-order chi connectivity index (χ1) is 23.5. The molecule has 0 spiro atoms. The van der Waals surface area contributed by atoms with Gasteiger partial charge in [0.2, 0.25) is 5.78 Å². The van der Waals surface area contributed by atoms with Crippen molar-refractivity contribution in [3.8, 4) is 16.9 Å². The number of hydrogen-bond acceptors (Lipinski definition) is 10. The quantitative estimate of drug-likeness (QED) is 0.193. The number of carboxylic acid groups (broad SMARTS) is 1. The molecule has 1 fully saturated rings. The van der Waals surface area contributed by atoms with Crippen molar-refractivity contribution in [3.05, 3.63) is 106 Å². The number of nitrogens with zero attached hydrogens (tertiary/aromatic N) is 1. The third-order valence-corrected chi connectivity index (χ3v) is 9.94. The van der Waals surface area contributed by atoms with Gasteiger partial charge < -0.3 is 36.4 Å². The van der Waals surface area contributed by atoms with Gasteiger partial charge in [-0.3, -0.25) is 24.1 Å². The SMILES string of the molecule is CC(C(=O)O)c1ccc(-c2ccccc2)c(F)c1.C[C@H]1c2cccc(O)c2C(O)=C2C(=O)[C@]3(O)C(O)=C(C(N)=O)C(=O)[C@@H](N(C)C)[C@@H]3[C@@H](O)[C@@H]21. The minimum absolute atomic E-state index is 0.0245. The number of likely N-dealkylation sites (N-methyl/N-ethyl adjacent to an activating group) is 1. The molecule has 0 aliphatic heterocycles. The lowest BCUT2D eigenvalue weighted by atomic mass is 9.54. The van der Waals surface area contributed by atoms with Crippen LogP contribution in [0, 0.1) is 17.7 Å². The number of carbonyl (C=O) groups is 4. The number of halogens is 1. The van der Waals surface area contributed by atoms with Gasteiger partial charge in [0.15, 0.2) is 11.4 Å². The molecule has 3 aliphatic carbocycles. The van der Waals surface area contributed by atoms with Gasteiger partial charge in [-0.05, 0) is 55.8 Å². The molecule has 3 aliphatic rings. The third-order valence-electron chi connectivity index (χ3n) is 9.94. The van der Waals surface area contributed by atoms with Crippen LogP contribution in [0.15, 0.2) is 83.6 Å². The number of phenolic OH excluding ortho intramolecular Hbond substituents is 1. The van der Waals surface area contributed by atoms with Crippen molar-refractivity contribution in [2.45, 2.75) is 43.4 Å². The molecule has 50 heavy (non-hydrogen) atoms. The lowest BCUT2D eigenvalue weighted by Crippen LogP contribution is -2.70. The summed E-state index contributed by atoms with van der Waals surface area (Å²) in [6.45, 7) is 3.22. The minimum atomic E-state index is -2.89. The minimum Gasteiger partial charge on any atom is -0.508 e. The predicted molar refractivity (Wildman–Crippen MR) is 178 cm³/mol. The summed E-state index contributed by atoms with van der Waals surface area (Å²) in [5.74, 6) is -10.9. The Kier molecular flexibility index (Phi) is 9.45. The van der Waals surface area contributed by atoms with Crippen LogP contribution in [0.3, 0.4) is 0 Å². The number of Topliss-reactive ketones (excluding diaryl/α,β-unsaturated/α-hetero) is 2. The first-order valence-corrected chi connectivity index (χ1v) is 15.7. The second kappa shape index (κ2) is 13.2. The van der Waals surface area contributed by atoms with Gasteiger partial charge >= 0.3 is 5.97 Å². The van der Waals surface area contributed by atoms with Gasteiger partial charge in [-0.1, -0.05) is 61.5 Å². The lowest BCUT2D eigenvalue weighted by molar-refractivity contribution is -0.169. The average Bonchev–Trinajstić information content (AvgIpc) is 3.06. The Bertz CT molecular complexity index is 1970. The van der Waals surface area contributed by atoms with E-state index in [9.17, 15) is 49.1 Å². The molecular weight excluding hydrogens is 651 g/mol. The Hall–Kier alpha value is -5.37. The van der Waals surface area contributed by atoms with Crippen LogP contribution >= 0.6 is 0 Å². The Morgan fingerprint density at radius 3 is 2.18 bits per heavy atom. The van der Waals surface area contributed by atoms with Crippen molar-refractivity contribution in [1.29, 1.82) is 0 Å². The van der Waals surface area contributed by atoms with Crippen molar-refractivity contribution in [2.75, 3.05) is 14.1 Å². The maximum absolute atomic E-state index is 14.0. The number of carboxylic acids is 1. The van der Waals surface area contributed by atoms with Crippen molar-refractivity contribution in [3.63, 3.8) is 0 Å². The summed E-state index contributed by atoms with van der Waals surface area (Å²) in [6.07, 6.45) is -1.59. The largest absolute Gasteiger partial charge is 0.508 e. The normalized spacial score (nSPS) is 26.4. The smallest absolute Gasteiger partial charge is 0.310 e. The molecule has 0 heterocycles. The molecule has 3 aromatic carbocycles. The third kappa shape index (κ3) is 5.53. The molecular formula is C37H37FN2O10. The van der Waals surface area contributed by atoms with E-state index < -0.39 is 93.3 Å². The van der Waals surface area contributed by atoms with E-state index in [-0.39, 0.29) is 11.3 Å². The molecule has 13 heteroatoms. The summed E-state index contributed by atoms with van der Waals surface area (Å²) in [5, 5.41) is 63.8. The summed E-state index contributed by atoms with van der Waals surface area (Å²) < 4.78 is 14.0. The zero-order chi connectivity index (χ0) is 37.0. The van der Waals surface area contributed by atoms with Gasteiger partial charge in [-0.2, -0.15) is 0 Å². The Morgan fingerprint density at radius 2 is 1.62 bits per heavy atom. The molecule has 262 valence electrons. The fourth-order valence-corrected chi connectivity index (χ4v) is 7.37. The van der Waals surface area contributed by atoms with Gasteiger partial charge in [0.25, 0.3) is 5.91 Å². The van der Waals surface area contributed by atoms with Crippen LogP contribution in [-0.2, 0) is 19.2 Å².